The molecule has 1 atom stereocenters. The number of rotatable bonds is 8. The van der Waals surface area contributed by atoms with Gasteiger partial charge in [-0.15, -0.1) is 0 Å². The predicted octanol–water partition coefficient (Wildman–Crippen LogP) is 4.30. The SMILES string of the molecule is CC(NC(=O)CCc1nc2cc(S(=O)(=O)N(C)C)ccc2n1C)c1ccc(-c2ccccc2)cc1. The Hall–Kier alpha value is -3.49. The van der Waals surface area contributed by atoms with Gasteiger partial charge in [0.1, 0.15) is 5.82 Å². The lowest BCUT2D eigenvalue weighted by atomic mass is 10.0. The minimum absolute atomic E-state index is 0.0624. The molecule has 1 aromatic heterocycles. The highest BCUT2D eigenvalue weighted by molar-refractivity contribution is 7.89. The summed E-state index contributed by atoms with van der Waals surface area (Å²) in [5.41, 5.74) is 4.75. The summed E-state index contributed by atoms with van der Waals surface area (Å²) in [6, 6.07) is 23.2. The van der Waals surface area contributed by atoms with E-state index in [9.17, 15) is 13.2 Å². The Balaban J connectivity index is 1.40. The zero-order valence-electron chi connectivity index (χ0n) is 20.4. The number of benzene rings is 3. The van der Waals surface area contributed by atoms with E-state index >= 15 is 0 Å². The minimum atomic E-state index is -3.54. The normalized spacial score (nSPS) is 12.7. The van der Waals surface area contributed by atoms with Gasteiger partial charge in [0.05, 0.1) is 22.0 Å². The van der Waals surface area contributed by atoms with E-state index in [2.05, 4.69) is 34.6 Å². The number of carbonyl (C=O) groups excluding carboxylic acids is 1. The van der Waals surface area contributed by atoms with Crippen LogP contribution < -0.4 is 5.32 Å². The van der Waals surface area contributed by atoms with E-state index in [0.29, 0.717) is 11.9 Å². The van der Waals surface area contributed by atoms with Crippen LogP contribution in [0, 0.1) is 0 Å². The molecule has 8 heteroatoms. The number of nitrogens with one attached hydrogen (secondary N) is 1. The van der Waals surface area contributed by atoms with Gasteiger partial charge in [-0.05, 0) is 41.8 Å². The summed E-state index contributed by atoms with van der Waals surface area (Å²) in [5, 5.41) is 3.06. The molecule has 0 saturated carbocycles. The van der Waals surface area contributed by atoms with Gasteiger partial charge in [-0.1, -0.05) is 54.6 Å². The van der Waals surface area contributed by atoms with Crippen molar-refractivity contribution in [2.75, 3.05) is 14.1 Å². The molecule has 1 heterocycles. The number of fused-ring (bicyclic) bond motifs is 1. The lowest BCUT2D eigenvalue weighted by Crippen LogP contribution is -2.27. The van der Waals surface area contributed by atoms with Crippen molar-refractivity contribution in [2.24, 2.45) is 7.05 Å². The lowest BCUT2D eigenvalue weighted by Gasteiger charge is -2.15. The molecule has 0 fully saturated rings. The molecule has 7 nitrogen and oxygen atoms in total. The highest BCUT2D eigenvalue weighted by atomic mass is 32.2. The Morgan fingerprint density at radius 1 is 1.00 bits per heavy atom. The van der Waals surface area contributed by atoms with Crippen LogP contribution in [0.5, 0.6) is 0 Å². The zero-order chi connectivity index (χ0) is 25.2. The molecule has 0 aliphatic heterocycles. The molecule has 0 radical (unpaired) electrons. The first-order valence-electron chi connectivity index (χ1n) is 11.5. The molecule has 0 spiro atoms. The van der Waals surface area contributed by atoms with Gasteiger partial charge in [0.15, 0.2) is 0 Å². The van der Waals surface area contributed by atoms with E-state index in [0.717, 1.165) is 28.0 Å². The maximum atomic E-state index is 12.6. The number of amides is 1. The van der Waals surface area contributed by atoms with Crippen LogP contribution in [-0.4, -0.2) is 42.3 Å². The Bertz CT molecular complexity index is 1440. The highest BCUT2D eigenvalue weighted by Gasteiger charge is 2.19. The van der Waals surface area contributed by atoms with E-state index < -0.39 is 10.0 Å². The Morgan fingerprint density at radius 2 is 1.66 bits per heavy atom. The summed E-state index contributed by atoms with van der Waals surface area (Å²) in [4.78, 5) is 17.4. The quantitative estimate of drug-likeness (QED) is 0.399. The summed E-state index contributed by atoms with van der Waals surface area (Å²) >= 11 is 0. The molecule has 0 aliphatic carbocycles. The second-order valence-electron chi connectivity index (χ2n) is 8.80. The van der Waals surface area contributed by atoms with Crippen molar-refractivity contribution >= 4 is 27.0 Å². The van der Waals surface area contributed by atoms with Gasteiger partial charge in [-0.2, -0.15) is 0 Å². The van der Waals surface area contributed by atoms with Crippen LogP contribution >= 0.6 is 0 Å². The molecule has 1 N–H and O–H groups in total. The first-order valence-corrected chi connectivity index (χ1v) is 12.9. The number of sulfonamides is 1. The van der Waals surface area contributed by atoms with Gasteiger partial charge in [0.2, 0.25) is 15.9 Å². The van der Waals surface area contributed by atoms with Gasteiger partial charge in [0, 0.05) is 34.0 Å². The average molecular weight is 491 g/mol. The van der Waals surface area contributed by atoms with Crippen LogP contribution in [0.3, 0.4) is 0 Å². The number of imidazole rings is 1. The van der Waals surface area contributed by atoms with Crippen LogP contribution in [-0.2, 0) is 28.3 Å². The van der Waals surface area contributed by atoms with Gasteiger partial charge in [-0.25, -0.2) is 17.7 Å². The van der Waals surface area contributed by atoms with Gasteiger partial charge < -0.3 is 9.88 Å². The van der Waals surface area contributed by atoms with Crippen LogP contribution in [0.4, 0.5) is 0 Å². The Morgan fingerprint density at radius 3 is 2.31 bits per heavy atom. The fraction of sp³-hybridized carbons (Fsp3) is 0.259. The number of aryl methyl sites for hydroxylation is 2. The molecule has 1 amide bonds. The molecule has 1 unspecified atom stereocenters. The van der Waals surface area contributed by atoms with E-state index in [1.54, 1.807) is 18.2 Å². The second kappa shape index (κ2) is 10.0. The third-order valence-electron chi connectivity index (χ3n) is 6.19. The smallest absolute Gasteiger partial charge is 0.242 e. The fourth-order valence-corrected chi connectivity index (χ4v) is 4.96. The summed E-state index contributed by atoms with van der Waals surface area (Å²) in [7, 11) is 1.34. The van der Waals surface area contributed by atoms with Crippen LogP contribution in [0.15, 0.2) is 77.7 Å². The number of hydrogen-bond acceptors (Lipinski definition) is 4. The first kappa shape index (κ1) is 24.6. The van der Waals surface area contributed by atoms with Crippen molar-refractivity contribution in [3.05, 3.63) is 84.2 Å². The first-order chi connectivity index (χ1) is 16.7. The second-order valence-corrected chi connectivity index (χ2v) is 11.0. The maximum absolute atomic E-state index is 12.6. The number of aromatic nitrogens is 2. The topological polar surface area (TPSA) is 84.3 Å². The number of hydrogen-bond donors (Lipinski definition) is 1. The molecule has 0 saturated heterocycles. The van der Waals surface area contributed by atoms with Crippen molar-refractivity contribution in [3.8, 4) is 11.1 Å². The molecule has 4 aromatic rings. The van der Waals surface area contributed by atoms with E-state index in [-0.39, 0.29) is 23.3 Å². The third kappa shape index (κ3) is 5.28. The predicted molar refractivity (Wildman–Crippen MR) is 138 cm³/mol. The Labute approximate surface area is 206 Å². The van der Waals surface area contributed by atoms with Gasteiger partial charge >= 0.3 is 0 Å². The summed E-state index contributed by atoms with van der Waals surface area (Å²) in [5.74, 6) is 0.669. The standard InChI is InChI=1S/C27H30N4O3S/c1-19(20-10-12-22(13-11-20)21-8-6-5-7-9-21)28-27(32)17-16-26-29-24-18-23(35(33,34)30(2)3)14-15-25(24)31(26)4/h5-15,18-19H,16-17H2,1-4H3,(H,28,32). The zero-order valence-corrected chi connectivity index (χ0v) is 21.2. The molecular formula is C27H30N4O3S. The monoisotopic (exact) mass is 490 g/mol. The fourth-order valence-electron chi connectivity index (χ4n) is 4.04. The number of carbonyl (C=O) groups is 1. The minimum Gasteiger partial charge on any atom is -0.350 e. The molecule has 4 rings (SSSR count). The van der Waals surface area contributed by atoms with Crippen LogP contribution in [0.25, 0.3) is 22.2 Å². The highest BCUT2D eigenvalue weighted by Crippen LogP contribution is 2.23. The Kier molecular flexibility index (Phi) is 7.05. The lowest BCUT2D eigenvalue weighted by molar-refractivity contribution is -0.121. The summed E-state index contributed by atoms with van der Waals surface area (Å²) < 4.78 is 27.9. The molecule has 35 heavy (non-hydrogen) atoms. The van der Waals surface area contributed by atoms with Crippen LogP contribution in [0.1, 0.15) is 30.8 Å². The van der Waals surface area contributed by atoms with E-state index in [1.165, 1.54) is 18.4 Å². The van der Waals surface area contributed by atoms with Crippen molar-refractivity contribution in [1.29, 1.82) is 0 Å². The summed E-state index contributed by atoms with van der Waals surface area (Å²) in [6.07, 6.45) is 0.735. The molecule has 3 aromatic carbocycles. The van der Waals surface area contributed by atoms with Gasteiger partial charge in [-0.3, -0.25) is 4.79 Å². The van der Waals surface area contributed by atoms with Crippen LogP contribution in [0.2, 0.25) is 0 Å². The number of nitrogens with zero attached hydrogens (tertiary/aromatic N) is 3. The molecule has 0 bridgehead atoms. The van der Waals surface area contributed by atoms with E-state index in [1.807, 2.05) is 48.9 Å². The van der Waals surface area contributed by atoms with E-state index in [4.69, 9.17) is 0 Å². The van der Waals surface area contributed by atoms with Crippen molar-refractivity contribution in [2.45, 2.75) is 30.7 Å². The maximum Gasteiger partial charge on any atom is 0.242 e. The third-order valence-corrected chi connectivity index (χ3v) is 8.01. The largest absolute Gasteiger partial charge is 0.350 e. The average Bonchev–Trinajstić information content (AvgIpc) is 3.18. The molecule has 182 valence electrons. The summed E-state index contributed by atoms with van der Waals surface area (Å²) in [6.45, 7) is 1.97. The molecular weight excluding hydrogens is 460 g/mol. The van der Waals surface area contributed by atoms with Crippen molar-refractivity contribution < 1.29 is 13.2 Å². The molecule has 0 aliphatic rings. The van der Waals surface area contributed by atoms with Gasteiger partial charge in [0.25, 0.3) is 0 Å². The van der Waals surface area contributed by atoms with Crippen molar-refractivity contribution in [1.82, 2.24) is 19.2 Å². The van der Waals surface area contributed by atoms with Crippen molar-refractivity contribution in [3.63, 3.8) is 0 Å².